The molecule has 4 nitrogen and oxygen atoms in total. The summed E-state index contributed by atoms with van der Waals surface area (Å²) in [5, 5.41) is 11.1. The van der Waals surface area contributed by atoms with Gasteiger partial charge in [-0.1, -0.05) is 12.1 Å². The molecule has 0 saturated heterocycles. The van der Waals surface area contributed by atoms with E-state index in [1.807, 2.05) is 31.2 Å². The Balaban J connectivity index is 2.50. The van der Waals surface area contributed by atoms with E-state index in [1.54, 1.807) is 6.08 Å². The summed E-state index contributed by atoms with van der Waals surface area (Å²) < 4.78 is 5.31. The van der Waals surface area contributed by atoms with Crippen molar-refractivity contribution in [2.24, 2.45) is 0 Å². The summed E-state index contributed by atoms with van der Waals surface area (Å²) in [5.41, 5.74) is 0.924. The van der Waals surface area contributed by atoms with Gasteiger partial charge in [-0.15, -0.1) is 0 Å². The molecule has 0 aliphatic rings. The third-order valence-electron chi connectivity index (χ3n) is 2.03. The number of aliphatic hydroxyl groups is 1. The molecule has 0 fully saturated rings. The number of carbonyl (C=O) groups excluding carboxylic acids is 1. The van der Waals surface area contributed by atoms with Crippen molar-refractivity contribution in [2.75, 3.05) is 19.8 Å². The Morgan fingerprint density at radius 2 is 2.12 bits per heavy atom. The molecule has 92 valence electrons. The van der Waals surface area contributed by atoms with Crippen LogP contribution in [0.3, 0.4) is 0 Å². The number of rotatable bonds is 6. The molecule has 17 heavy (non-hydrogen) atoms. The molecule has 0 aliphatic heterocycles. The summed E-state index contributed by atoms with van der Waals surface area (Å²) in [4.78, 5) is 11.2. The Kier molecular flexibility index (Phi) is 5.82. The molecule has 0 unspecified atom stereocenters. The molecular weight excluding hydrogens is 218 g/mol. The van der Waals surface area contributed by atoms with Crippen molar-refractivity contribution in [1.82, 2.24) is 5.32 Å². The van der Waals surface area contributed by atoms with Gasteiger partial charge in [-0.05, 0) is 30.7 Å². The predicted molar refractivity (Wildman–Crippen MR) is 66.7 cm³/mol. The molecule has 1 rings (SSSR count). The van der Waals surface area contributed by atoms with Gasteiger partial charge in [-0.2, -0.15) is 0 Å². The predicted octanol–water partition coefficient (Wildman–Crippen LogP) is 1.21. The number of hydrogen-bond donors (Lipinski definition) is 2. The van der Waals surface area contributed by atoms with Crippen molar-refractivity contribution in [3.63, 3.8) is 0 Å². The Morgan fingerprint density at radius 3 is 2.71 bits per heavy atom. The quantitative estimate of drug-likeness (QED) is 0.729. The number of amides is 1. The summed E-state index contributed by atoms with van der Waals surface area (Å²) in [7, 11) is 0. The Labute approximate surface area is 101 Å². The third kappa shape index (κ3) is 5.17. The Bertz CT molecular complexity index is 371. The van der Waals surface area contributed by atoms with Gasteiger partial charge in [-0.25, -0.2) is 0 Å². The zero-order valence-corrected chi connectivity index (χ0v) is 9.85. The second-order valence-corrected chi connectivity index (χ2v) is 3.35. The van der Waals surface area contributed by atoms with Gasteiger partial charge in [0, 0.05) is 12.6 Å². The molecule has 0 aromatic heterocycles. The van der Waals surface area contributed by atoms with Crippen molar-refractivity contribution in [3.8, 4) is 5.75 Å². The van der Waals surface area contributed by atoms with Gasteiger partial charge in [-0.3, -0.25) is 4.79 Å². The lowest BCUT2D eigenvalue weighted by Crippen LogP contribution is -2.24. The lowest BCUT2D eigenvalue weighted by molar-refractivity contribution is -0.116. The van der Waals surface area contributed by atoms with E-state index in [0.717, 1.165) is 11.3 Å². The number of ether oxygens (including phenoxy) is 1. The van der Waals surface area contributed by atoms with E-state index >= 15 is 0 Å². The highest BCUT2D eigenvalue weighted by atomic mass is 16.5. The first kappa shape index (κ1) is 13.3. The van der Waals surface area contributed by atoms with E-state index in [1.165, 1.54) is 6.08 Å². The SMILES string of the molecule is CCOc1ccc(/C=C/C(=O)NCCO)cc1. The van der Waals surface area contributed by atoms with Crippen molar-refractivity contribution in [3.05, 3.63) is 35.9 Å². The molecule has 1 aromatic carbocycles. The lowest BCUT2D eigenvalue weighted by Gasteiger charge is -2.02. The molecular formula is C13H17NO3. The molecule has 0 bridgehead atoms. The molecule has 1 amide bonds. The summed E-state index contributed by atoms with van der Waals surface area (Å²) in [6, 6.07) is 7.46. The van der Waals surface area contributed by atoms with Gasteiger partial charge in [0.25, 0.3) is 0 Å². The van der Waals surface area contributed by atoms with Crippen LogP contribution in [0.25, 0.3) is 6.08 Å². The fourth-order valence-electron chi connectivity index (χ4n) is 1.25. The maximum absolute atomic E-state index is 11.2. The molecule has 2 N–H and O–H groups in total. The van der Waals surface area contributed by atoms with E-state index < -0.39 is 0 Å². The second-order valence-electron chi connectivity index (χ2n) is 3.35. The number of carbonyl (C=O) groups is 1. The van der Waals surface area contributed by atoms with Crippen LogP contribution in [0.4, 0.5) is 0 Å². The number of hydrogen-bond acceptors (Lipinski definition) is 3. The topological polar surface area (TPSA) is 58.6 Å². The smallest absolute Gasteiger partial charge is 0.244 e. The standard InChI is InChI=1S/C13H17NO3/c1-2-17-12-6-3-11(4-7-12)5-8-13(16)14-9-10-15/h3-8,15H,2,9-10H2,1H3,(H,14,16)/b8-5+. The van der Waals surface area contributed by atoms with Crippen molar-refractivity contribution < 1.29 is 14.6 Å². The van der Waals surface area contributed by atoms with Gasteiger partial charge in [0.05, 0.1) is 13.2 Å². The van der Waals surface area contributed by atoms with Gasteiger partial charge in [0.1, 0.15) is 5.75 Å². The highest BCUT2D eigenvalue weighted by Crippen LogP contribution is 2.12. The fraction of sp³-hybridized carbons (Fsp3) is 0.308. The molecule has 0 radical (unpaired) electrons. The zero-order valence-electron chi connectivity index (χ0n) is 9.85. The Hall–Kier alpha value is -1.81. The molecule has 0 spiro atoms. The van der Waals surface area contributed by atoms with E-state index in [0.29, 0.717) is 6.61 Å². The second kappa shape index (κ2) is 7.46. The lowest BCUT2D eigenvalue weighted by atomic mass is 10.2. The normalized spacial score (nSPS) is 10.5. The van der Waals surface area contributed by atoms with Crippen LogP contribution < -0.4 is 10.1 Å². The van der Waals surface area contributed by atoms with Gasteiger partial charge in [0.2, 0.25) is 5.91 Å². The summed E-state index contributed by atoms with van der Waals surface area (Å²) >= 11 is 0. The van der Waals surface area contributed by atoms with Crippen LogP contribution >= 0.6 is 0 Å². The van der Waals surface area contributed by atoms with Gasteiger partial charge >= 0.3 is 0 Å². The van der Waals surface area contributed by atoms with Gasteiger partial charge < -0.3 is 15.2 Å². The molecule has 0 saturated carbocycles. The van der Waals surface area contributed by atoms with E-state index in [4.69, 9.17) is 9.84 Å². The molecule has 0 atom stereocenters. The largest absolute Gasteiger partial charge is 0.494 e. The Morgan fingerprint density at radius 1 is 1.41 bits per heavy atom. The first-order valence-corrected chi connectivity index (χ1v) is 5.56. The molecule has 1 aromatic rings. The average molecular weight is 235 g/mol. The van der Waals surface area contributed by atoms with Crippen LogP contribution in [0.2, 0.25) is 0 Å². The first-order valence-electron chi connectivity index (χ1n) is 5.56. The number of aliphatic hydroxyl groups excluding tert-OH is 1. The van der Waals surface area contributed by atoms with Crippen LogP contribution in [0.5, 0.6) is 5.75 Å². The summed E-state index contributed by atoms with van der Waals surface area (Å²) in [6.07, 6.45) is 3.15. The molecule has 0 aliphatic carbocycles. The highest BCUT2D eigenvalue weighted by molar-refractivity contribution is 5.91. The van der Waals surface area contributed by atoms with Crippen LogP contribution in [-0.4, -0.2) is 30.8 Å². The van der Waals surface area contributed by atoms with Crippen molar-refractivity contribution >= 4 is 12.0 Å². The van der Waals surface area contributed by atoms with E-state index in [9.17, 15) is 4.79 Å². The van der Waals surface area contributed by atoms with E-state index in [-0.39, 0.29) is 19.1 Å². The highest BCUT2D eigenvalue weighted by Gasteiger charge is 1.94. The maximum atomic E-state index is 11.2. The van der Waals surface area contributed by atoms with Gasteiger partial charge in [0.15, 0.2) is 0 Å². The minimum absolute atomic E-state index is 0.0529. The third-order valence-corrected chi connectivity index (χ3v) is 2.03. The fourth-order valence-corrected chi connectivity index (χ4v) is 1.25. The minimum Gasteiger partial charge on any atom is -0.494 e. The monoisotopic (exact) mass is 235 g/mol. The van der Waals surface area contributed by atoms with Crippen LogP contribution in [0, 0.1) is 0 Å². The van der Waals surface area contributed by atoms with Crippen molar-refractivity contribution in [1.29, 1.82) is 0 Å². The van der Waals surface area contributed by atoms with Crippen molar-refractivity contribution in [2.45, 2.75) is 6.92 Å². The van der Waals surface area contributed by atoms with Crippen LogP contribution in [0.1, 0.15) is 12.5 Å². The van der Waals surface area contributed by atoms with E-state index in [2.05, 4.69) is 5.32 Å². The van der Waals surface area contributed by atoms with Crippen LogP contribution in [0.15, 0.2) is 30.3 Å². The molecule has 0 heterocycles. The zero-order chi connectivity index (χ0) is 12.5. The minimum atomic E-state index is -0.215. The first-order chi connectivity index (χ1) is 8.26. The number of nitrogens with one attached hydrogen (secondary N) is 1. The average Bonchev–Trinajstić information content (AvgIpc) is 2.36. The maximum Gasteiger partial charge on any atom is 0.244 e. The molecule has 4 heteroatoms. The summed E-state index contributed by atoms with van der Waals surface area (Å²) in [6.45, 7) is 2.78. The summed E-state index contributed by atoms with van der Waals surface area (Å²) in [5.74, 6) is 0.599. The number of benzene rings is 1. The van der Waals surface area contributed by atoms with Crippen LogP contribution in [-0.2, 0) is 4.79 Å².